The lowest BCUT2D eigenvalue weighted by Crippen LogP contribution is -1.93. The largest absolute Gasteiger partial charge is 0.481 e. The third-order valence-electron chi connectivity index (χ3n) is 2.85. The zero-order chi connectivity index (χ0) is 13.5. The van der Waals surface area contributed by atoms with Crippen molar-refractivity contribution in [1.29, 1.82) is 0 Å². The summed E-state index contributed by atoms with van der Waals surface area (Å²) in [6.45, 7) is 2.15. The van der Waals surface area contributed by atoms with E-state index in [0.29, 0.717) is 6.42 Å². The number of carboxylic acid groups (broad SMARTS) is 1. The van der Waals surface area contributed by atoms with Crippen LogP contribution in [0.4, 0.5) is 0 Å². The predicted molar refractivity (Wildman–Crippen MR) is 77.8 cm³/mol. The molecule has 0 bridgehead atoms. The fourth-order valence-corrected chi connectivity index (χ4v) is 1.80. The van der Waals surface area contributed by atoms with E-state index in [1.54, 1.807) is 0 Å². The molecule has 0 saturated heterocycles. The van der Waals surface area contributed by atoms with Crippen molar-refractivity contribution < 1.29 is 9.90 Å². The number of hydrogen-bond acceptors (Lipinski definition) is 1. The number of carbonyl (C=O) groups is 1. The van der Waals surface area contributed by atoms with Gasteiger partial charge in [0.15, 0.2) is 0 Å². The molecule has 104 valence electrons. The van der Waals surface area contributed by atoms with Crippen molar-refractivity contribution in [2.24, 2.45) is 0 Å². The number of carboxylic acids is 1. The van der Waals surface area contributed by atoms with Crippen molar-refractivity contribution in [1.82, 2.24) is 0 Å². The Kier molecular flexibility index (Phi) is 13.2. The van der Waals surface area contributed by atoms with Gasteiger partial charge in [-0.1, -0.05) is 56.9 Å². The summed E-state index contributed by atoms with van der Waals surface area (Å²) in [6, 6.07) is 0. The minimum atomic E-state index is -0.669. The molecule has 0 heterocycles. The molecule has 0 aliphatic heterocycles. The van der Waals surface area contributed by atoms with E-state index in [4.69, 9.17) is 5.11 Å². The summed E-state index contributed by atoms with van der Waals surface area (Å²) in [6.07, 6.45) is 19.4. The first-order chi connectivity index (χ1) is 8.77. The Morgan fingerprint density at radius 2 is 1.50 bits per heavy atom. The lowest BCUT2D eigenvalue weighted by atomic mass is 10.1. The van der Waals surface area contributed by atoms with Gasteiger partial charge < -0.3 is 5.11 Å². The monoisotopic (exact) mass is 252 g/mol. The number of rotatable bonds is 12. The maximum absolute atomic E-state index is 10.3. The molecule has 1 N–H and O–H groups in total. The molecule has 0 aliphatic carbocycles. The molecule has 18 heavy (non-hydrogen) atoms. The molecule has 0 amide bonds. The summed E-state index contributed by atoms with van der Waals surface area (Å²) in [7, 11) is 0. The summed E-state index contributed by atoms with van der Waals surface area (Å²) < 4.78 is 0. The standard InChI is InChI=1S/C16H28O2/c1-2-3-4-5-6-7-8-9-10-11-12-13-14-15-16(17)18/h3-4,6-7H,2,5,8-15H2,1H3,(H,17,18). The smallest absolute Gasteiger partial charge is 0.303 e. The van der Waals surface area contributed by atoms with Gasteiger partial charge in [-0.3, -0.25) is 4.79 Å². The van der Waals surface area contributed by atoms with Crippen molar-refractivity contribution in [2.45, 2.75) is 71.1 Å². The maximum Gasteiger partial charge on any atom is 0.303 e. The van der Waals surface area contributed by atoms with E-state index in [9.17, 15) is 4.79 Å². The van der Waals surface area contributed by atoms with Crippen LogP contribution in [0.1, 0.15) is 71.1 Å². The summed E-state index contributed by atoms with van der Waals surface area (Å²) >= 11 is 0. The SMILES string of the molecule is CCC=CCC=CCCCCCCCCC(=O)O. The maximum atomic E-state index is 10.3. The van der Waals surface area contributed by atoms with E-state index in [0.717, 1.165) is 25.7 Å². The Hall–Kier alpha value is -1.05. The van der Waals surface area contributed by atoms with Crippen molar-refractivity contribution >= 4 is 5.97 Å². The fraction of sp³-hybridized carbons (Fsp3) is 0.688. The Morgan fingerprint density at radius 1 is 0.889 bits per heavy atom. The van der Waals surface area contributed by atoms with Crippen LogP contribution < -0.4 is 0 Å². The summed E-state index contributed by atoms with van der Waals surface area (Å²) in [5.41, 5.74) is 0. The van der Waals surface area contributed by atoms with Crippen LogP contribution in [0.5, 0.6) is 0 Å². The van der Waals surface area contributed by atoms with Gasteiger partial charge in [0.05, 0.1) is 0 Å². The van der Waals surface area contributed by atoms with E-state index >= 15 is 0 Å². The van der Waals surface area contributed by atoms with Gasteiger partial charge in [-0.05, 0) is 32.1 Å². The minimum Gasteiger partial charge on any atom is -0.481 e. The molecule has 0 aromatic rings. The lowest BCUT2D eigenvalue weighted by molar-refractivity contribution is -0.137. The van der Waals surface area contributed by atoms with Crippen LogP contribution >= 0.6 is 0 Å². The third-order valence-corrected chi connectivity index (χ3v) is 2.85. The molecule has 2 heteroatoms. The topological polar surface area (TPSA) is 37.3 Å². The Morgan fingerprint density at radius 3 is 2.17 bits per heavy atom. The van der Waals surface area contributed by atoms with Crippen molar-refractivity contribution in [3.63, 3.8) is 0 Å². The zero-order valence-electron chi connectivity index (χ0n) is 11.7. The molecule has 0 rings (SSSR count). The van der Waals surface area contributed by atoms with Crippen LogP contribution in [-0.4, -0.2) is 11.1 Å². The quantitative estimate of drug-likeness (QED) is 0.387. The first kappa shape index (κ1) is 16.9. The predicted octanol–water partition coefficient (Wildman–Crippen LogP) is 5.10. The highest BCUT2D eigenvalue weighted by molar-refractivity contribution is 5.66. The van der Waals surface area contributed by atoms with Gasteiger partial charge in [0.25, 0.3) is 0 Å². The molecule has 0 atom stereocenters. The van der Waals surface area contributed by atoms with Crippen molar-refractivity contribution in [3.8, 4) is 0 Å². The second-order valence-corrected chi connectivity index (χ2v) is 4.64. The van der Waals surface area contributed by atoms with Crippen molar-refractivity contribution in [3.05, 3.63) is 24.3 Å². The summed E-state index contributed by atoms with van der Waals surface area (Å²) in [4.78, 5) is 10.3. The summed E-state index contributed by atoms with van der Waals surface area (Å²) in [5, 5.41) is 8.48. The van der Waals surface area contributed by atoms with Crippen LogP contribution in [0.2, 0.25) is 0 Å². The fourth-order valence-electron chi connectivity index (χ4n) is 1.80. The Labute approximate surface area is 112 Å². The van der Waals surface area contributed by atoms with Crippen molar-refractivity contribution in [2.75, 3.05) is 0 Å². The molecule has 0 aliphatic rings. The zero-order valence-corrected chi connectivity index (χ0v) is 11.7. The number of unbranched alkanes of at least 4 members (excludes halogenated alkanes) is 6. The molecule has 0 saturated carbocycles. The van der Waals surface area contributed by atoms with E-state index in [2.05, 4.69) is 31.2 Å². The number of hydrogen-bond donors (Lipinski definition) is 1. The normalized spacial score (nSPS) is 11.6. The molecule has 0 aromatic heterocycles. The summed E-state index contributed by atoms with van der Waals surface area (Å²) in [5.74, 6) is -0.669. The number of aliphatic carboxylic acids is 1. The van der Waals surface area contributed by atoms with Gasteiger partial charge >= 0.3 is 5.97 Å². The molecule has 2 nitrogen and oxygen atoms in total. The van der Waals surface area contributed by atoms with Crippen LogP contribution in [-0.2, 0) is 4.79 Å². The van der Waals surface area contributed by atoms with Gasteiger partial charge in [-0.15, -0.1) is 0 Å². The molecule has 0 aromatic carbocycles. The molecule has 0 unspecified atom stereocenters. The highest BCUT2D eigenvalue weighted by atomic mass is 16.4. The average molecular weight is 252 g/mol. The number of allylic oxidation sites excluding steroid dienone is 4. The van der Waals surface area contributed by atoms with Gasteiger partial charge in [0.1, 0.15) is 0 Å². The highest BCUT2D eigenvalue weighted by Gasteiger charge is 1.95. The average Bonchev–Trinajstić information content (AvgIpc) is 2.34. The van der Waals surface area contributed by atoms with E-state index < -0.39 is 5.97 Å². The first-order valence-corrected chi connectivity index (χ1v) is 7.29. The molecule has 0 radical (unpaired) electrons. The molecular formula is C16H28O2. The lowest BCUT2D eigenvalue weighted by Gasteiger charge is -1.99. The van der Waals surface area contributed by atoms with Crippen LogP contribution in [0.25, 0.3) is 0 Å². The minimum absolute atomic E-state index is 0.327. The Balaban J connectivity index is 3.11. The molecule has 0 spiro atoms. The third kappa shape index (κ3) is 14.9. The molecular weight excluding hydrogens is 224 g/mol. The van der Waals surface area contributed by atoms with Gasteiger partial charge in [0, 0.05) is 6.42 Å². The van der Waals surface area contributed by atoms with Crippen LogP contribution in [0.3, 0.4) is 0 Å². The molecule has 0 fully saturated rings. The Bertz CT molecular complexity index is 241. The second-order valence-electron chi connectivity index (χ2n) is 4.64. The van der Waals surface area contributed by atoms with E-state index in [1.807, 2.05) is 0 Å². The van der Waals surface area contributed by atoms with Gasteiger partial charge in [-0.25, -0.2) is 0 Å². The van der Waals surface area contributed by atoms with E-state index in [1.165, 1.54) is 32.1 Å². The van der Waals surface area contributed by atoms with Gasteiger partial charge in [-0.2, -0.15) is 0 Å². The van der Waals surface area contributed by atoms with Gasteiger partial charge in [0.2, 0.25) is 0 Å². The second kappa shape index (κ2) is 14.0. The first-order valence-electron chi connectivity index (χ1n) is 7.29. The highest BCUT2D eigenvalue weighted by Crippen LogP contribution is 2.09. The van der Waals surface area contributed by atoms with E-state index in [-0.39, 0.29) is 0 Å². The van der Waals surface area contributed by atoms with Crippen LogP contribution in [0, 0.1) is 0 Å². The van der Waals surface area contributed by atoms with Crippen LogP contribution in [0.15, 0.2) is 24.3 Å².